The molecule has 1 aliphatic rings. The molecule has 0 radical (unpaired) electrons. The molecule has 1 heterocycles. The van der Waals surface area contributed by atoms with Crippen LogP contribution in [0.1, 0.15) is 22.8 Å². The highest BCUT2D eigenvalue weighted by Crippen LogP contribution is 2.36. The lowest BCUT2D eigenvalue weighted by Gasteiger charge is -2.20. The Morgan fingerprint density at radius 3 is 2.42 bits per heavy atom. The van der Waals surface area contributed by atoms with Gasteiger partial charge in [-0.3, -0.25) is 0 Å². The molecule has 1 fully saturated rings. The maximum absolute atomic E-state index is 14.0. The van der Waals surface area contributed by atoms with E-state index < -0.39 is 27.5 Å². The first-order valence-corrected chi connectivity index (χ1v) is 10.8. The fraction of sp³-hybridized carbons (Fsp3) is 0.333. The van der Waals surface area contributed by atoms with Crippen LogP contribution in [0, 0.1) is 17.5 Å². The maximum atomic E-state index is 14.0. The van der Waals surface area contributed by atoms with Gasteiger partial charge in [-0.2, -0.15) is 11.8 Å². The molecular weight excluding hydrogens is 383 g/mol. The van der Waals surface area contributed by atoms with Crippen molar-refractivity contribution in [1.29, 1.82) is 0 Å². The summed E-state index contributed by atoms with van der Waals surface area (Å²) < 4.78 is 67.1. The molecular formula is C18H18F3NO2S2. The van der Waals surface area contributed by atoms with Crippen molar-refractivity contribution in [3.63, 3.8) is 0 Å². The molecule has 26 heavy (non-hydrogen) atoms. The molecule has 1 unspecified atom stereocenters. The van der Waals surface area contributed by atoms with Crippen molar-refractivity contribution >= 4 is 21.8 Å². The van der Waals surface area contributed by atoms with Crippen molar-refractivity contribution in [3.05, 3.63) is 71.0 Å². The van der Waals surface area contributed by atoms with Crippen molar-refractivity contribution in [2.45, 2.75) is 17.4 Å². The molecule has 140 valence electrons. The second-order valence-corrected chi connectivity index (χ2v) is 9.38. The first-order chi connectivity index (χ1) is 12.3. The zero-order chi connectivity index (χ0) is 18.7. The Balaban J connectivity index is 1.71. The molecule has 0 aliphatic carbocycles. The lowest BCUT2D eigenvalue weighted by Crippen LogP contribution is -2.34. The minimum absolute atomic E-state index is 0.211. The Kier molecular flexibility index (Phi) is 5.94. The highest BCUT2D eigenvalue weighted by Gasteiger charge is 2.28. The minimum Gasteiger partial charge on any atom is -0.212 e. The van der Waals surface area contributed by atoms with Crippen molar-refractivity contribution in [2.24, 2.45) is 0 Å². The molecule has 1 saturated heterocycles. The summed E-state index contributed by atoms with van der Waals surface area (Å²) in [7, 11) is -3.57. The average molecular weight is 401 g/mol. The highest BCUT2D eigenvalue weighted by atomic mass is 32.2. The van der Waals surface area contributed by atoms with Crippen LogP contribution in [0.15, 0.2) is 42.5 Å². The quantitative estimate of drug-likeness (QED) is 0.774. The molecule has 0 spiro atoms. The van der Waals surface area contributed by atoms with E-state index in [9.17, 15) is 21.6 Å². The molecule has 3 rings (SSSR count). The number of rotatable bonds is 4. The molecule has 3 nitrogen and oxygen atoms in total. The van der Waals surface area contributed by atoms with Crippen LogP contribution in [0.2, 0.25) is 0 Å². The van der Waals surface area contributed by atoms with Gasteiger partial charge >= 0.3 is 0 Å². The smallest absolute Gasteiger partial charge is 0.212 e. The van der Waals surface area contributed by atoms with Crippen LogP contribution in [-0.2, 0) is 15.8 Å². The van der Waals surface area contributed by atoms with Crippen molar-refractivity contribution in [2.75, 3.05) is 18.8 Å². The molecule has 0 N–H and O–H groups in total. The summed E-state index contributed by atoms with van der Waals surface area (Å²) in [6.45, 7) is 0.540. The van der Waals surface area contributed by atoms with E-state index in [0.717, 1.165) is 12.1 Å². The highest BCUT2D eigenvalue weighted by molar-refractivity contribution is 7.99. The zero-order valence-corrected chi connectivity index (χ0v) is 15.5. The first kappa shape index (κ1) is 19.3. The normalized spacial score (nSPS) is 19.3. The second kappa shape index (κ2) is 8.02. The van der Waals surface area contributed by atoms with Gasteiger partial charge in [0.1, 0.15) is 17.5 Å². The fourth-order valence-corrected chi connectivity index (χ4v) is 5.83. The summed E-state index contributed by atoms with van der Waals surface area (Å²) in [5, 5.41) is -0.295. The van der Waals surface area contributed by atoms with Gasteiger partial charge in [0.2, 0.25) is 10.0 Å². The van der Waals surface area contributed by atoms with E-state index in [4.69, 9.17) is 0 Å². The molecule has 0 bridgehead atoms. The number of sulfonamides is 1. The van der Waals surface area contributed by atoms with Gasteiger partial charge in [0, 0.05) is 29.7 Å². The van der Waals surface area contributed by atoms with E-state index >= 15 is 0 Å². The van der Waals surface area contributed by atoms with Crippen molar-refractivity contribution in [3.8, 4) is 0 Å². The van der Waals surface area contributed by atoms with Gasteiger partial charge in [-0.05, 0) is 42.3 Å². The summed E-state index contributed by atoms with van der Waals surface area (Å²) in [4.78, 5) is 0. The summed E-state index contributed by atoms with van der Waals surface area (Å²) in [5.41, 5.74) is 0.781. The summed E-state index contributed by atoms with van der Waals surface area (Å²) in [6.07, 6.45) is 0.397. The minimum atomic E-state index is -3.57. The van der Waals surface area contributed by atoms with E-state index in [1.807, 2.05) is 0 Å². The van der Waals surface area contributed by atoms with Gasteiger partial charge in [-0.15, -0.1) is 0 Å². The van der Waals surface area contributed by atoms with Crippen LogP contribution >= 0.6 is 11.8 Å². The van der Waals surface area contributed by atoms with Crippen LogP contribution in [0.4, 0.5) is 13.2 Å². The molecule has 0 amide bonds. The number of nitrogens with zero attached hydrogens (tertiary/aromatic N) is 1. The summed E-state index contributed by atoms with van der Waals surface area (Å²) in [5.74, 6) is -1.13. The molecule has 8 heteroatoms. The largest absolute Gasteiger partial charge is 0.218 e. The summed E-state index contributed by atoms with van der Waals surface area (Å²) >= 11 is 1.43. The van der Waals surface area contributed by atoms with Crippen LogP contribution < -0.4 is 0 Å². The molecule has 2 aromatic carbocycles. The maximum Gasteiger partial charge on any atom is 0.218 e. The third kappa shape index (κ3) is 4.61. The lowest BCUT2D eigenvalue weighted by atomic mass is 10.1. The van der Waals surface area contributed by atoms with Crippen molar-refractivity contribution in [1.82, 2.24) is 4.31 Å². The number of thioether (sulfide) groups is 1. The SMILES string of the molecule is O=S(=O)(Cc1ccc(F)cc1)N1CCSC(c2cc(F)ccc2F)CC1. The topological polar surface area (TPSA) is 37.4 Å². The van der Waals surface area contributed by atoms with E-state index in [0.29, 0.717) is 24.3 Å². The van der Waals surface area contributed by atoms with E-state index in [1.165, 1.54) is 46.4 Å². The van der Waals surface area contributed by atoms with Crippen LogP contribution in [-0.4, -0.2) is 31.6 Å². The Bertz CT molecular complexity index is 873. The molecule has 1 aliphatic heterocycles. The lowest BCUT2D eigenvalue weighted by molar-refractivity contribution is 0.426. The Labute approximate surface area is 155 Å². The Hall–Kier alpha value is -1.51. The average Bonchev–Trinajstić information content (AvgIpc) is 2.85. The predicted molar refractivity (Wildman–Crippen MR) is 96.8 cm³/mol. The van der Waals surface area contributed by atoms with E-state index in [-0.39, 0.29) is 23.1 Å². The van der Waals surface area contributed by atoms with Gasteiger partial charge in [0.15, 0.2) is 0 Å². The molecule has 0 aromatic heterocycles. The Morgan fingerprint density at radius 1 is 1.00 bits per heavy atom. The van der Waals surface area contributed by atoms with Crippen LogP contribution in [0.25, 0.3) is 0 Å². The van der Waals surface area contributed by atoms with E-state index in [2.05, 4.69) is 0 Å². The monoisotopic (exact) mass is 401 g/mol. The number of benzene rings is 2. The molecule has 2 aromatic rings. The number of halogens is 3. The molecule has 0 saturated carbocycles. The number of hydrogen-bond donors (Lipinski definition) is 0. The van der Waals surface area contributed by atoms with Crippen LogP contribution in [0.3, 0.4) is 0 Å². The van der Waals surface area contributed by atoms with Gasteiger partial charge in [-0.1, -0.05) is 12.1 Å². The molecule has 1 atom stereocenters. The predicted octanol–water partition coefficient (Wildman–Crippen LogP) is 4.11. The standard InChI is InChI=1S/C18H18F3NO2S2/c19-14-3-1-13(2-4-14)12-26(23,24)22-8-7-18(25-10-9-22)16-11-15(20)5-6-17(16)21/h1-6,11,18H,7-10,12H2. The fourth-order valence-electron chi connectivity index (χ4n) is 2.92. The summed E-state index contributed by atoms with van der Waals surface area (Å²) in [6, 6.07) is 8.70. The van der Waals surface area contributed by atoms with Gasteiger partial charge in [0.25, 0.3) is 0 Å². The van der Waals surface area contributed by atoms with Gasteiger partial charge < -0.3 is 0 Å². The third-order valence-corrected chi connectivity index (χ3v) is 7.42. The van der Waals surface area contributed by atoms with Crippen LogP contribution in [0.5, 0.6) is 0 Å². The number of hydrogen-bond acceptors (Lipinski definition) is 3. The first-order valence-electron chi connectivity index (χ1n) is 8.14. The van der Waals surface area contributed by atoms with Gasteiger partial charge in [0.05, 0.1) is 5.75 Å². The van der Waals surface area contributed by atoms with E-state index in [1.54, 1.807) is 0 Å². The third-order valence-electron chi connectivity index (χ3n) is 4.26. The Morgan fingerprint density at radius 2 is 1.69 bits per heavy atom. The second-order valence-electron chi connectivity index (χ2n) is 6.10. The van der Waals surface area contributed by atoms with Crippen molar-refractivity contribution < 1.29 is 21.6 Å². The zero-order valence-electron chi connectivity index (χ0n) is 13.9. The van der Waals surface area contributed by atoms with Gasteiger partial charge in [-0.25, -0.2) is 25.9 Å².